The molecule has 2 unspecified atom stereocenters. The molecule has 1 aliphatic heterocycles. The van der Waals surface area contributed by atoms with Crippen molar-refractivity contribution < 1.29 is 0 Å². The van der Waals surface area contributed by atoms with Crippen LogP contribution in [0.2, 0.25) is 0 Å². The van der Waals surface area contributed by atoms with E-state index in [1.54, 1.807) is 0 Å². The van der Waals surface area contributed by atoms with Gasteiger partial charge >= 0.3 is 0 Å². The maximum Gasteiger partial charge on any atom is 0.0492 e. The average molecular weight is 354 g/mol. The van der Waals surface area contributed by atoms with E-state index in [9.17, 15) is 0 Å². The van der Waals surface area contributed by atoms with Gasteiger partial charge in [0.05, 0.1) is 0 Å². The van der Waals surface area contributed by atoms with Crippen LogP contribution in [0.25, 0.3) is 11.1 Å². The van der Waals surface area contributed by atoms with E-state index >= 15 is 0 Å². The first-order chi connectivity index (χ1) is 13.2. The van der Waals surface area contributed by atoms with Gasteiger partial charge in [0.2, 0.25) is 0 Å². The Labute approximate surface area is 162 Å². The van der Waals surface area contributed by atoms with Gasteiger partial charge in [-0.25, -0.2) is 0 Å². The van der Waals surface area contributed by atoms with Crippen LogP contribution in [0, 0.1) is 25.7 Å². The first-order valence-corrected chi connectivity index (χ1v) is 9.91. The van der Waals surface area contributed by atoms with E-state index in [0.29, 0.717) is 11.8 Å². The highest BCUT2D eigenvalue weighted by atomic mass is 14.7. The molecule has 0 bridgehead atoms. The fourth-order valence-electron chi connectivity index (χ4n) is 4.08. The lowest BCUT2D eigenvalue weighted by atomic mass is 9.84. The van der Waals surface area contributed by atoms with Crippen LogP contribution in [0.4, 0.5) is 0 Å². The second-order valence-corrected chi connectivity index (χ2v) is 7.74. The minimum Gasteiger partial charge on any atom is -0.292 e. The second kappa shape index (κ2) is 7.92. The fourth-order valence-corrected chi connectivity index (χ4v) is 4.08. The maximum atomic E-state index is 4.40. The molecule has 0 fully saturated rings. The molecule has 1 heteroatoms. The van der Waals surface area contributed by atoms with Gasteiger partial charge in [0.1, 0.15) is 0 Å². The van der Waals surface area contributed by atoms with Crippen LogP contribution in [0.5, 0.6) is 0 Å². The molecule has 0 aromatic heterocycles. The van der Waals surface area contributed by atoms with Crippen molar-refractivity contribution in [2.75, 3.05) is 6.54 Å². The topological polar surface area (TPSA) is 12.4 Å². The molecule has 0 saturated carbocycles. The number of hydrogen-bond acceptors (Lipinski definition) is 1. The Morgan fingerprint density at radius 2 is 1.89 bits per heavy atom. The smallest absolute Gasteiger partial charge is 0.0492 e. The average Bonchev–Trinajstić information content (AvgIpc) is 2.71. The van der Waals surface area contributed by atoms with Gasteiger partial charge in [-0.05, 0) is 66.5 Å². The zero-order valence-corrected chi connectivity index (χ0v) is 16.2. The van der Waals surface area contributed by atoms with Gasteiger partial charge in [-0.15, -0.1) is 0 Å². The molecule has 27 heavy (non-hydrogen) atoms. The van der Waals surface area contributed by atoms with Crippen LogP contribution in [-0.4, -0.2) is 12.8 Å². The van der Waals surface area contributed by atoms with Crippen molar-refractivity contribution in [1.82, 2.24) is 0 Å². The molecular weight excluding hydrogens is 326 g/mol. The van der Waals surface area contributed by atoms with Gasteiger partial charge in [-0.2, -0.15) is 0 Å². The first-order valence-electron chi connectivity index (χ1n) is 9.91. The third-order valence-corrected chi connectivity index (χ3v) is 5.67. The molecule has 0 spiro atoms. The molecule has 1 nitrogen and oxygen atoms in total. The summed E-state index contributed by atoms with van der Waals surface area (Å²) in [6.45, 7) is 5.27. The third-order valence-electron chi connectivity index (χ3n) is 5.67. The molecule has 0 amide bonds. The number of aryl methyl sites for hydroxylation is 2. The highest BCUT2D eigenvalue weighted by Gasteiger charge is 2.17. The molecule has 2 aromatic rings. The SMILES string of the molecule is Cc1ccc(CC2C=CC(C3C=CC=NC3)=CC2)c(-c2ccccc2C)c1. The van der Waals surface area contributed by atoms with E-state index in [2.05, 4.69) is 91.7 Å². The van der Waals surface area contributed by atoms with Crippen molar-refractivity contribution in [2.45, 2.75) is 26.7 Å². The summed E-state index contributed by atoms with van der Waals surface area (Å²) in [5.41, 5.74) is 8.28. The summed E-state index contributed by atoms with van der Waals surface area (Å²) in [5, 5.41) is 0. The molecule has 0 radical (unpaired) electrons. The van der Waals surface area contributed by atoms with Crippen molar-refractivity contribution in [3.05, 3.63) is 95.1 Å². The van der Waals surface area contributed by atoms with E-state index < -0.39 is 0 Å². The van der Waals surface area contributed by atoms with Gasteiger partial charge < -0.3 is 0 Å². The lowest BCUT2D eigenvalue weighted by Crippen LogP contribution is -2.12. The summed E-state index contributed by atoms with van der Waals surface area (Å²) >= 11 is 0. The molecule has 1 aliphatic carbocycles. The predicted octanol–water partition coefficient (Wildman–Crippen LogP) is 6.27. The van der Waals surface area contributed by atoms with Gasteiger partial charge in [-0.3, -0.25) is 4.99 Å². The molecular formula is C26H27N. The zero-order chi connectivity index (χ0) is 18.6. The molecule has 0 N–H and O–H groups in total. The summed E-state index contributed by atoms with van der Waals surface area (Å²) in [4.78, 5) is 4.40. The van der Waals surface area contributed by atoms with E-state index in [1.807, 2.05) is 6.21 Å². The third kappa shape index (κ3) is 4.03. The van der Waals surface area contributed by atoms with Crippen molar-refractivity contribution in [2.24, 2.45) is 16.8 Å². The highest BCUT2D eigenvalue weighted by Crippen LogP contribution is 2.32. The van der Waals surface area contributed by atoms with Gasteiger partial charge in [0.25, 0.3) is 0 Å². The Morgan fingerprint density at radius 1 is 1.00 bits per heavy atom. The number of aliphatic imine (C=N–C) groups is 1. The minimum absolute atomic E-state index is 0.453. The van der Waals surface area contributed by atoms with E-state index in [1.165, 1.54) is 33.4 Å². The Balaban J connectivity index is 1.54. The van der Waals surface area contributed by atoms with Crippen LogP contribution >= 0.6 is 0 Å². The Kier molecular flexibility index (Phi) is 5.20. The van der Waals surface area contributed by atoms with Crippen molar-refractivity contribution >= 4 is 6.21 Å². The number of rotatable bonds is 4. The quantitative estimate of drug-likeness (QED) is 0.614. The van der Waals surface area contributed by atoms with E-state index in [-0.39, 0.29) is 0 Å². The number of dihydropyridines is 1. The predicted molar refractivity (Wildman–Crippen MR) is 116 cm³/mol. The minimum atomic E-state index is 0.453. The monoisotopic (exact) mass is 353 g/mol. The number of nitrogens with zero attached hydrogens (tertiary/aromatic N) is 1. The summed E-state index contributed by atoms with van der Waals surface area (Å²) in [7, 11) is 0. The molecule has 0 saturated heterocycles. The second-order valence-electron chi connectivity index (χ2n) is 7.74. The Bertz CT molecular complexity index is 942. The van der Waals surface area contributed by atoms with Gasteiger partial charge in [0, 0.05) is 18.7 Å². The van der Waals surface area contributed by atoms with E-state index in [4.69, 9.17) is 0 Å². The molecule has 2 atom stereocenters. The zero-order valence-electron chi connectivity index (χ0n) is 16.2. The number of hydrogen-bond donors (Lipinski definition) is 0. The van der Waals surface area contributed by atoms with Crippen LogP contribution in [-0.2, 0) is 6.42 Å². The van der Waals surface area contributed by atoms with Gasteiger partial charge in [-0.1, -0.05) is 72.3 Å². The van der Waals surface area contributed by atoms with Crippen molar-refractivity contribution in [1.29, 1.82) is 0 Å². The van der Waals surface area contributed by atoms with Crippen LogP contribution in [0.15, 0.2) is 83.4 Å². The first kappa shape index (κ1) is 17.7. The van der Waals surface area contributed by atoms with Gasteiger partial charge in [0.15, 0.2) is 0 Å². The van der Waals surface area contributed by atoms with Crippen LogP contribution in [0.1, 0.15) is 23.1 Å². The summed E-state index contributed by atoms with van der Waals surface area (Å²) < 4.78 is 0. The van der Waals surface area contributed by atoms with Crippen LogP contribution in [0.3, 0.4) is 0 Å². The van der Waals surface area contributed by atoms with Crippen molar-refractivity contribution in [3.8, 4) is 11.1 Å². The summed E-state index contributed by atoms with van der Waals surface area (Å²) in [6.07, 6.45) is 15.6. The largest absolute Gasteiger partial charge is 0.292 e. The standard InChI is InChI=1S/C26H27N/c1-19-9-12-23(26(16-19)25-8-4-3-6-20(25)2)17-21-10-13-22(14-11-21)24-7-5-15-27-18-24/h3-10,12-16,21,24H,11,17-18H2,1-2H3. The molecule has 4 rings (SSSR count). The normalized spacial score (nSPS) is 21.3. The lowest BCUT2D eigenvalue weighted by Gasteiger charge is -2.22. The highest BCUT2D eigenvalue weighted by molar-refractivity contribution is 5.72. The fraction of sp³-hybridized carbons (Fsp3) is 0.269. The molecule has 136 valence electrons. The molecule has 2 aromatic carbocycles. The number of allylic oxidation sites excluding steroid dienone is 4. The maximum absolute atomic E-state index is 4.40. The summed E-state index contributed by atoms with van der Waals surface area (Å²) in [5.74, 6) is 1.02. The lowest BCUT2D eigenvalue weighted by molar-refractivity contribution is 0.637. The Hall–Kier alpha value is -2.67. The van der Waals surface area contributed by atoms with Crippen LogP contribution < -0.4 is 0 Å². The molecule has 2 aliphatic rings. The van der Waals surface area contributed by atoms with Crippen molar-refractivity contribution in [3.63, 3.8) is 0 Å². The summed E-state index contributed by atoms with van der Waals surface area (Å²) in [6, 6.07) is 15.6. The van der Waals surface area contributed by atoms with E-state index in [0.717, 1.165) is 19.4 Å². The number of benzene rings is 2. The molecule has 1 heterocycles. The Morgan fingerprint density at radius 3 is 2.63 bits per heavy atom.